The van der Waals surface area contributed by atoms with E-state index >= 15 is 0 Å². The van der Waals surface area contributed by atoms with Crippen LogP contribution in [0.3, 0.4) is 0 Å². The Kier molecular flexibility index (Phi) is 4.60. The van der Waals surface area contributed by atoms with Gasteiger partial charge in [0.2, 0.25) is 0 Å². The molecule has 4 aromatic rings. The van der Waals surface area contributed by atoms with Gasteiger partial charge in [-0.2, -0.15) is 5.10 Å². The molecule has 0 radical (unpaired) electrons. The highest BCUT2D eigenvalue weighted by atomic mass is 15.3. The molecule has 0 atom stereocenters. The van der Waals surface area contributed by atoms with Crippen LogP contribution < -0.4 is 0 Å². The fourth-order valence-corrected chi connectivity index (χ4v) is 2.64. The molecule has 2 aromatic carbocycles. The van der Waals surface area contributed by atoms with Gasteiger partial charge in [-0.05, 0) is 5.56 Å². The van der Waals surface area contributed by atoms with Crippen molar-refractivity contribution in [3.05, 3.63) is 90.9 Å². The lowest BCUT2D eigenvalue weighted by Crippen LogP contribution is -2.02. The quantitative estimate of drug-likeness (QED) is 0.549. The van der Waals surface area contributed by atoms with E-state index in [2.05, 4.69) is 39.4 Å². The minimum absolute atomic E-state index is 0.598. The van der Waals surface area contributed by atoms with Crippen LogP contribution in [-0.2, 0) is 6.54 Å². The van der Waals surface area contributed by atoms with Gasteiger partial charge in [0.25, 0.3) is 0 Å². The molecule has 0 bridgehead atoms. The summed E-state index contributed by atoms with van der Waals surface area (Å²) in [6.07, 6.45) is 9.16. The maximum Gasteiger partial charge on any atom is 0.181 e. The molecule has 0 amide bonds. The number of hydrogen-bond donors (Lipinski definition) is 0. The predicted octanol–water partition coefficient (Wildman–Crippen LogP) is 4.12. The van der Waals surface area contributed by atoms with Crippen LogP contribution in [0.2, 0.25) is 0 Å². The van der Waals surface area contributed by atoms with E-state index in [9.17, 15) is 0 Å². The molecule has 4 rings (SSSR count). The van der Waals surface area contributed by atoms with Crippen LogP contribution in [0.5, 0.6) is 0 Å². The molecule has 0 saturated heterocycles. The van der Waals surface area contributed by atoms with Crippen molar-refractivity contribution < 1.29 is 0 Å². The fraction of sp³-hybridized carbons (Fsp3) is 0.0476. The standard InChI is InChI=1S/C21H17N5/c1-3-8-17(9-4-1)10-7-15-26-21(19-16-22-13-14-23-19)24-20(25-26)18-11-5-2-6-12-18/h1-14,16H,15H2/b10-7+. The highest BCUT2D eigenvalue weighted by Gasteiger charge is 2.13. The molecule has 5 nitrogen and oxygen atoms in total. The van der Waals surface area contributed by atoms with Gasteiger partial charge in [0.15, 0.2) is 11.6 Å². The Morgan fingerprint density at radius 2 is 1.65 bits per heavy atom. The van der Waals surface area contributed by atoms with Crippen molar-refractivity contribution in [2.45, 2.75) is 6.54 Å². The number of nitrogens with zero attached hydrogens (tertiary/aromatic N) is 5. The van der Waals surface area contributed by atoms with Crippen LogP contribution in [0.1, 0.15) is 5.56 Å². The minimum Gasteiger partial charge on any atom is -0.261 e. The highest BCUT2D eigenvalue weighted by molar-refractivity contribution is 5.59. The topological polar surface area (TPSA) is 56.5 Å². The zero-order valence-corrected chi connectivity index (χ0v) is 14.1. The first-order valence-corrected chi connectivity index (χ1v) is 8.38. The van der Waals surface area contributed by atoms with Crippen molar-refractivity contribution in [2.75, 3.05) is 0 Å². The van der Waals surface area contributed by atoms with Gasteiger partial charge in [-0.15, -0.1) is 0 Å². The molecule has 0 saturated carbocycles. The monoisotopic (exact) mass is 339 g/mol. The summed E-state index contributed by atoms with van der Waals surface area (Å²) in [6, 6.07) is 20.1. The highest BCUT2D eigenvalue weighted by Crippen LogP contribution is 2.20. The summed E-state index contributed by atoms with van der Waals surface area (Å²) in [5, 5.41) is 4.67. The minimum atomic E-state index is 0.598. The van der Waals surface area contributed by atoms with Crippen molar-refractivity contribution in [3.63, 3.8) is 0 Å². The maximum atomic E-state index is 4.69. The summed E-state index contributed by atoms with van der Waals surface area (Å²) >= 11 is 0. The first kappa shape index (κ1) is 15.9. The zero-order valence-electron chi connectivity index (χ0n) is 14.1. The van der Waals surface area contributed by atoms with Gasteiger partial charge >= 0.3 is 0 Å². The van der Waals surface area contributed by atoms with Crippen LogP contribution in [-0.4, -0.2) is 24.7 Å². The van der Waals surface area contributed by atoms with Gasteiger partial charge in [0.1, 0.15) is 5.69 Å². The van der Waals surface area contributed by atoms with E-state index in [0.717, 1.165) is 11.1 Å². The van der Waals surface area contributed by atoms with Gasteiger partial charge in [0, 0.05) is 18.0 Å². The summed E-state index contributed by atoms with van der Waals surface area (Å²) in [7, 11) is 0. The second-order valence-electron chi connectivity index (χ2n) is 5.71. The lowest BCUT2D eigenvalue weighted by Gasteiger charge is -2.01. The van der Waals surface area contributed by atoms with Crippen LogP contribution in [0, 0.1) is 0 Å². The molecule has 26 heavy (non-hydrogen) atoms. The second-order valence-corrected chi connectivity index (χ2v) is 5.71. The molecule has 0 aliphatic rings. The Labute approximate surface area is 151 Å². The zero-order chi connectivity index (χ0) is 17.6. The number of allylic oxidation sites excluding steroid dienone is 1. The van der Waals surface area contributed by atoms with Gasteiger partial charge in [-0.3, -0.25) is 4.98 Å². The average molecular weight is 339 g/mol. The fourth-order valence-electron chi connectivity index (χ4n) is 2.64. The predicted molar refractivity (Wildman–Crippen MR) is 102 cm³/mol. The Morgan fingerprint density at radius 3 is 2.38 bits per heavy atom. The second kappa shape index (κ2) is 7.53. The molecule has 0 fully saturated rings. The third-order valence-corrected chi connectivity index (χ3v) is 3.88. The molecule has 2 heterocycles. The van der Waals surface area contributed by atoms with Gasteiger partial charge in [-0.25, -0.2) is 14.6 Å². The maximum absolute atomic E-state index is 4.69. The van der Waals surface area contributed by atoms with Crippen LogP contribution in [0.25, 0.3) is 29.0 Å². The smallest absolute Gasteiger partial charge is 0.181 e. The molecule has 0 N–H and O–H groups in total. The van der Waals surface area contributed by atoms with E-state index in [-0.39, 0.29) is 0 Å². The molecule has 0 unspecified atom stereocenters. The van der Waals surface area contributed by atoms with E-state index in [1.165, 1.54) is 0 Å². The van der Waals surface area contributed by atoms with Gasteiger partial charge in [-0.1, -0.05) is 72.8 Å². The number of rotatable bonds is 5. The molecular formula is C21H17N5. The molecule has 5 heteroatoms. The molecule has 126 valence electrons. The first-order chi connectivity index (χ1) is 12.9. The Balaban J connectivity index is 1.68. The SMILES string of the molecule is C(=C\c1ccccc1)/Cn1nc(-c2ccccc2)nc1-c1cnccn1. The molecule has 0 spiro atoms. The molecule has 0 aliphatic carbocycles. The number of hydrogen-bond acceptors (Lipinski definition) is 4. The summed E-state index contributed by atoms with van der Waals surface area (Å²) < 4.78 is 1.85. The largest absolute Gasteiger partial charge is 0.261 e. The van der Waals surface area contributed by atoms with Crippen molar-refractivity contribution in [1.82, 2.24) is 24.7 Å². The van der Waals surface area contributed by atoms with Gasteiger partial charge < -0.3 is 0 Å². The van der Waals surface area contributed by atoms with Gasteiger partial charge in [0.05, 0.1) is 12.7 Å². The van der Waals surface area contributed by atoms with Crippen LogP contribution in [0.4, 0.5) is 0 Å². The van der Waals surface area contributed by atoms with E-state index in [1.54, 1.807) is 18.6 Å². The molecule has 0 aliphatic heterocycles. The van der Waals surface area contributed by atoms with E-state index < -0.39 is 0 Å². The number of aromatic nitrogens is 5. The summed E-state index contributed by atoms with van der Waals surface area (Å²) in [4.78, 5) is 13.2. The van der Waals surface area contributed by atoms with E-state index in [1.807, 2.05) is 53.2 Å². The lowest BCUT2D eigenvalue weighted by molar-refractivity contribution is 0.709. The first-order valence-electron chi connectivity index (χ1n) is 8.38. The summed E-state index contributed by atoms with van der Waals surface area (Å²) in [6.45, 7) is 0.598. The van der Waals surface area contributed by atoms with E-state index in [4.69, 9.17) is 4.98 Å². The Hall–Kier alpha value is -3.60. The van der Waals surface area contributed by atoms with Crippen LogP contribution >= 0.6 is 0 Å². The Bertz CT molecular complexity index is 993. The normalized spacial score (nSPS) is 11.1. The third-order valence-electron chi connectivity index (χ3n) is 3.88. The van der Waals surface area contributed by atoms with Crippen molar-refractivity contribution in [2.24, 2.45) is 0 Å². The molecule has 2 aromatic heterocycles. The van der Waals surface area contributed by atoms with E-state index in [0.29, 0.717) is 23.9 Å². The molecular weight excluding hydrogens is 322 g/mol. The summed E-state index contributed by atoms with van der Waals surface area (Å²) in [5.41, 5.74) is 2.83. The average Bonchev–Trinajstić information content (AvgIpc) is 3.14. The van der Waals surface area contributed by atoms with Crippen molar-refractivity contribution in [1.29, 1.82) is 0 Å². The van der Waals surface area contributed by atoms with Crippen LogP contribution in [0.15, 0.2) is 85.3 Å². The lowest BCUT2D eigenvalue weighted by atomic mass is 10.2. The number of benzene rings is 2. The summed E-state index contributed by atoms with van der Waals surface area (Å²) in [5.74, 6) is 1.38. The van der Waals surface area contributed by atoms with Crippen molar-refractivity contribution in [3.8, 4) is 22.9 Å². The Morgan fingerprint density at radius 1 is 0.885 bits per heavy atom. The van der Waals surface area contributed by atoms with Crippen molar-refractivity contribution >= 4 is 6.08 Å². The third kappa shape index (κ3) is 3.57.